The summed E-state index contributed by atoms with van der Waals surface area (Å²) < 4.78 is 0. The number of rotatable bonds is 2. The molecular formula is C37H26N2. The molecule has 1 atom stereocenters. The van der Waals surface area contributed by atoms with E-state index in [1.165, 1.54) is 38.1 Å². The van der Waals surface area contributed by atoms with Crippen LogP contribution in [0, 0.1) is 0 Å². The molecule has 5 aromatic carbocycles. The molecule has 0 spiro atoms. The summed E-state index contributed by atoms with van der Waals surface area (Å²) in [6.45, 7) is 2.36. The van der Waals surface area contributed by atoms with Gasteiger partial charge in [-0.3, -0.25) is 4.98 Å². The number of nitrogens with zero attached hydrogens (tertiary/aromatic N) is 2. The zero-order valence-electron chi connectivity index (χ0n) is 21.7. The Bertz CT molecular complexity index is 2100. The first-order valence-corrected chi connectivity index (χ1v) is 13.7. The van der Waals surface area contributed by atoms with Gasteiger partial charge in [0, 0.05) is 33.5 Å². The van der Waals surface area contributed by atoms with Gasteiger partial charge in [0.15, 0.2) is 0 Å². The summed E-state index contributed by atoms with van der Waals surface area (Å²) in [7, 11) is 0. The summed E-state index contributed by atoms with van der Waals surface area (Å²) >= 11 is 0. The normalized spacial score (nSPS) is 14.8. The Balaban J connectivity index is 1.41. The van der Waals surface area contributed by atoms with Crippen molar-refractivity contribution in [2.75, 3.05) is 0 Å². The number of fused-ring (bicyclic) bond motifs is 9. The summed E-state index contributed by atoms with van der Waals surface area (Å²) in [6.07, 6.45) is 7.69. The molecule has 7 aromatic rings. The van der Waals surface area contributed by atoms with E-state index in [9.17, 15) is 0 Å². The maximum atomic E-state index is 5.31. The Morgan fingerprint density at radius 3 is 2.18 bits per heavy atom. The second kappa shape index (κ2) is 8.61. The molecule has 2 heteroatoms. The van der Waals surface area contributed by atoms with Crippen molar-refractivity contribution >= 4 is 49.4 Å². The van der Waals surface area contributed by atoms with Crippen molar-refractivity contribution in [2.24, 2.45) is 0 Å². The first-order chi connectivity index (χ1) is 19.3. The van der Waals surface area contributed by atoms with Crippen LogP contribution in [-0.4, -0.2) is 9.97 Å². The maximum Gasteiger partial charge on any atom is 0.0794 e. The summed E-state index contributed by atoms with van der Waals surface area (Å²) in [5.41, 5.74) is 9.33. The first-order valence-electron chi connectivity index (χ1n) is 13.7. The van der Waals surface area contributed by atoms with Crippen LogP contribution in [0.3, 0.4) is 0 Å². The minimum absolute atomic E-state index is 0.443. The van der Waals surface area contributed by atoms with E-state index in [0.29, 0.717) is 5.92 Å². The number of allylic oxidation sites excluding steroid dienone is 1. The second-order valence-electron chi connectivity index (χ2n) is 10.6. The largest absolute Gasteiger partial charge is 0.256 e. The number of hydrogen-bond acceptors (Lipinski definition) is 2. The van der Waals surface area contributed by atoms with Crippen LogP contribution >= 0.6 is 0 Å². The zero-order valence-corrected chi connectivity index (χ0v) is 21.7. The number of para-hydroxylation sites is 2. The van der Waals surface area contributed by atoms with Crippen LogP contribution in [0.25, 0.3) is 71.8 Å². The predicted molar refractivity (Wildman–Crippen MR) is 165 cm³/mol. The minimum atomic E-state index is 0.443. The van der Waals surface area contributed by atoms with E-state index < -0.39 is 0 Å². The summed E-state index contributed by atoms with van der Waals surface area (Å²) in [4.78, 5) is 9.99. The Labute approximate surface area is 227 Å². The lowest BCUT2D eigenvalue weighted by molar-refractivity contribution is 0.781. The monoisotopic (exact) mass is 498 g/mol. The molecule has 0 amide bonds. The van der Waals surface area contributed by atoms with Gasteiger partial charge in [0.05, 0.1) is 16.7 Å². The van der Waals surface area contributed by atoms with Crippen molar-refractivity contribution in [3.8, 4) is 22.4 Å². The van der Waals surface area contributed by atoms with Gasteiger partial charge in [0.1, 0.15) is 0 Å². The highest BCUT2D eigenvalue weighted by molar-refractivity contribution is 6.24. The molecule has 0 fully saturated rings. The van der Waals surface area contributed by atoms with Crippen molar-refractivity contribution < 1.29 is 0 Å². The highest BCUT2D eigenvalue weighted by Gasteiger charge is 2.24. The molecule has 0 saturated heterocycles. The number of hydrogen-bond donors (Lipinski definition) is 0. The third-order valence-corrected chi connectivity index (χ3v) is 8.29. The Morgan fingerprint density at radius 1 is 0.641 bits per heavy atom. The van der Waals surface area contributed by atoms with Crippen LogP contribution in [0.5, 0.6) is 0 Å². The molecule has 2 aromatic heterocycles. The topological polar surface area (TPSA) is 25.8 Å². The van der Waals surface area contributed by atoms with Crippen molar-refractivity contribution in [3.63, 3.8) is 0 Å². The second-order valence-corrected chi connectivity index (χ2v) is 10.6. The van der Waals surface area contributed by atoms with E-state index in [1.54, 1.807) is 0 Å². The van der Waals surface area contributed by atoms with Gasteiger partial charge in [-0.2, -0.15) is 0 Å². The fourth-order valence-corrected chi connectivity index (χ4v) is 6.43. The van der Waals surface area contributed by atoms with Gasteiger partial charge >= 0.3 is 0 Å². The molecule has 1 unspecified atom stereocenters. The molecule has 2 heterocycles. The average molecular weight is 499 g/mol. The third-order valence-electron chi connectivity index (χ3n) is 8.29. The van der Waals surface area contributed by atoms with Crippen molar-refractivity contribution in [1.29, 1.82) is 0 Å². The fourth-order valence-electron chi connectivity index (χ4n) is 6.43. The summed E-state index contributed by atoms with van der Waals surface area (Å²) in [5.74, 6) is 0.443. The molecule has 0 N–H and O–H groups in total. The highest BCUT2D eigenvalue weighted by Crippen LogP contribution is 2.46. The minimum Gasteiger partial charge on any atom is -0.256 e. The van der Waals surface area contributed by atoms with Crippen LogP contribution in [0.15, 0.2) is 115 Å². The van der Waals surface area contributed by atoms with E-state index in [-0.39, 0.29) is 0 Å². The standard InChI is InChI=1S/C37H26N2/c1-23-9-8-14-29-28-11-3-4-12-30(28)36-35(34(23)29)31-13-5-7-16-33(31)39-37(36)25-19-17-24(18-20-25)27-21-26-10-2-6-15-32(26)38-22-27/h2-8,10-23H,9H2,1H3. The van der Waals surface area contributed by atoms with Crippen LogP contribution < -0.4 is 0 Å². The van der Waals surface area contributed by atoms with Crippen molar-refractivity contribution in [3.05, 3.63) is 127 Å². The van der Waals surface area contributed by atoms with Gasteiger partial charge < -0.3 is 0 Å². The van der Waals surface area contributed by atoms with Gasteiger partial charge in [0.2, 0.25) is 0 Å². The highest BCUT2D eigenvalue weighted by atomic mass is 14.7. The van der Waals surface area contributed by atoms with Crippen molar-refractivity contribution in [1.82, 2.24) is 9.97 Å². The molecule has 8 rings (SSSR count). The van der Waals surface area contributed by atoms with Crippen LogP contribution in [0.4, 0.5) is 0 Å². The van der Waals surface area contributed by atoms with E-state index >= 15 is 0 Å². The molecule has 1 aliphatic rings. The van der Waals surface area contributed by atoms with Gasteiger partial charge in [-0.25, -0.2) is 4.98 Å². The molecule has 0 saturated carbocycles. The Hall–Kier alpha value is -4.82. The van der Waals surface area contributed by atoms with Crippen LogP contribution in [-0.2, 0) is 0 Å². The Kier molecular flexibility index (Phi) is 4.90. The third kappa shape index (κ3) is 3.42. The van der Waals surface area contributed by atoms with E-state index in [4.69, 9.17) is 4.98 Å². The van der Waals surface area contributed by atoms with Gasteiger partial charge in [-0.15, -0.1) is 0 Å². The molecule has 0 radical (unpaired) electrons. The quantitative estimate of drug-likeness (QED) is 0.222. The molecule has 39 heavy (non-hydrogen) atoms. The number of aromatic nitrogens is 2. The lowest BCUT2D eigenvalue weighted by Crippen LogP contribution is -2.04. The smallest absolute Gasteiger partial charge is 0.0794 e. The van der Waals surface area contributed by atoms with Gasteiger partial charge in [-0.05, 0) is 63.4 Å². The van der Waals surface area contributed by atoms with E-state index in [0.717, 1.165) is 45.2 Å². The molecular weight excluding hydrogens is 472 g/mol. The first kappa shape index (κ1) is 22.2. The number of benzene rings is 5. The Morgan fingerprint density at radius 2 is 1.33 bits per heavy atom. The van der Waals surface area contributed by atoms with Crippen LogP contribution in [0.1, 0.15) is 30.4 Å². The summed E-state index contributed by atoms with van der Waals surface area (Å²) in [6, 6.07) is 36.8. The molecule has 2 nitrogen and oxygen atoms in total. The fraction of sp³-hybridized carbons (Fsp3) is 0.0811. The maximum absolute atomic E-state index is 5.31. The average Bonchev–Trinajstić information content (AvgIpc) is 3.00. The summed E-state index contributed by atoms with van der Waals surface area (Å²) in [5, 5.41) is 7.57. The van der Waals surface area contributed by atoms with E-state index in [1.807, 2.05) is 12.3 Å². The lowest BCUT2D eigenvalue weighted by Gasteiger charge is -2.25. The van der Waals surface area contributed by atoms with Crippen LogP contribution in [0.2, 0.25) is 0 Å². The SMILES string of the molecule is CC1CC=Cc2c1c1c3ccccc3nc(-c3ccc(-c4cnc5ccccc5c4)cc3)c1c1ccccc21. The van der Waals surface area contributed by atoms with Gasteiger partial charge in [0.25, 0.3) is 0 Å². The lowest BCUT2D eigenvalue weighted by atomic mass is 9.79. The zero-order chi connectivity index (χ0) is 25.9. The number of pyridine rings is 2. The molecule has 1 aliphatic carbocycles. The van der Waals surface area contributed by atoms with Crippen molar-refractivity contribution in [2.45, 2.75) is 19.3 Å². The molecule has 0 aliphatic heterocycles. The van der Waals surface area contributed by atoms with Gasteiger partial charge in [-0.1, -0.05) is 104 Å². The molecule has 184 valence electrons. The molecule has 0 bridgehead atoms. The van der Waals surface area contributed by atoms with E-state index in [2.05, 4.69) is 121 Å². The predicted octanol–water partition coefficient (Wildman–Crippen LogP) is 9.94.